The van der Waals surface area contributed by atoms with Crippen molar-refractivity contribution in [1.29, 1.82) is 0 Å². The Kier molecular flexibility index (Phi) is 3.94. The average molecular weight is 305 g/mol. The van der Waals surface area contributed by atoms with Crippen LogP contribution in [0.2, 0.25) is 0 Å². The second-order valence-electron chi connectivity index (χ2n) is 5.21. The van der Waals surface area contributed by atoms with E-state index in [9.17, 15) is 8.78 Å². The molecule has 3 aromatic rings. The van der Waals surface area contributed by atoms with Gasteiger partial charge in [0, 0.05) is 12.1 Å². The largest absolute Gasteiger partial charge is 0.469 e. The average Bonchev–Trinajstić information content (AvgIpc) is 3.08. The molecule has 0 aliphatic carbocycles. The molecule has 0 fully saturated rings. The van der Waals surface area contributed by atoms with Gasteiger partial charge < -0.3 is 9.73 Å². The Balaban J connectivity index is 1.88. The molecule has 0 saturated heterocycles. The monoisotopic (exact) mass is 305 g/mol. The van der Waals surface area contributed by atoms with Gasteiger partial charge in [-0.15, -0.1) is 0 Å². The zero-order valence-electron chi connectivity index (χ0n) is 12.4. The number of benzene rings is 1. The van der Waals surface area contributed by atoms with Gasteiger partial charge in [0.25, 0.3) is 0 Å². The van der Waals surface area contributed by atoms with Gasteiger partial charge in [0.15, 0.2) is 0 Å². The number of hydrogen-bond donors (Lipinski definition) is 1. The van der Waals surface area contributed by atoms with Crippen molar-refractivity contribution < 1.29 is 13.2 Å². The standard InChI is InChI=1S/C16H17F2N3O/c1-10(19-9-12-7-8-22-11(12)2)15-20-13-5-3-4-6-14(13)21(15)16(17)18/h3-8,10,16,19H,9H2,1-2H3/t10-/m0/s1. The molecular weight excluding hydrogens is 288 g/mol. The molecule has 0 amide bonds. The number of aryl methyl sites for hydroxylation is 1. The van der Waals surface area contributed by atoms with E-state index < -0.39 is 6.55 Å². The fraction of sp³-hybridized carbons (Fsp3) is 0.312. The summed E-state index contributed by atoms with van der Waals surface area (Å²) in [4.78, 5) is 4.35. The minimum absolute atomic E-state index is 0.310. The smallest absolute Gasteiger partial charge is 0.320 e. The molecule has 0 spiro atoms. The van der Waals surface area contributed by atoms with E-state index in [2.05, 4.69) is 10.3 Å². The van der Waals surface area contributed by atoms with Crippen molar-refractivity contribution in [3.05, 3.63) is 53.7 Å². The molecule has 1 aromatic carbocycles. The van der Waals surface area contributed by atoms with E-state index in [4.69, 9.17) is 4.42 Å². The number of nitrogens with one attached hydrogen (secondary N) is 1. The lowest BCUT2D eigenvalue weighted by Crippen LogP contribution is -2.22. The number of imidazole rings is 1. The first kappa shape index (κ1) is 14.7. The fourth-order valence-corrected chi connectivity index (χ4v) is 2.52. The Bertz CT molecular complexity index is 779. The third-order valence-electron chi connectivity index (χ3n) is 3.77. The van der Waals surface area contributed by atoms with Crippen LogP contribution < -0.4 is 5.32 Å². The van der Waals surface area contributed by atoms with Crippen LogP contribution >= 0.6 is 0 Å². The van der Waals surface area contributed by atoms with Crippen LogP contribution in [-0.2, 0) is 6.54 Å². The molecule has 22 heavy (non-hydrogen) atoms. The lowest BCUT2D eigenvalue weighted by molar-refractivity contribution is 0.0698. The summed E-state index contributed by atoms with van der Waals surface area (Å²) in [6.07, 6.45) is 1.62. The Hall–Kier alpha value is -2.21. The van der Waals surface area contributed by atoms with Gasteiger partial charge in [-0.25, -0.2) is 4.98 Å². The Labute approximate surface area is 126 Å². The van der Waals surface area contributed by atoms with Gasteiger partial charge in [-0.1, -0.05) is 12.1 Å². The van der Waals surface area contributed by atoms with Crippen LogP contribution in [0.1, 0.15) is 36.7 Å². The predicted octanol–water partition coefficient (Wildman–Crippen LogP) is 4.18. The minimum Gasteiger partial charge on any atom is -0.469 e. The second-order valence-corrected chi connectivity index (χ2v) is 5.21. The highest BCUT2D eigenvalue weighted by Gasteiger charge is 2.21. The summed E-state index contributed by atoms with van der Waals surface area (Å²) in [7, 11) is 0. The molecule has 0 saturated carbocycles. The number of nitrogens with zero attached hydrogens (tertiary/aromatic N) is 2. The van der Waals surface area contributed by atoms with Crippen LogP contribution in [0.25, 0.3) is 11.0 Å². The molecule has 0 bridgehead atoms. The van der Waals surface area contributed by atoms with Crippen LogP contribution in [0.3, 0.4) is 0 Å². The maximum absolute atomic E-state index is 13.4. The summed E-state index contributed by atoms with van der Waals surface area (Å²) in [6.45, 7) is 1.61. The molecule has 116 valence electrons. The summed E-state index contributed by atoms with van der Waals surface area (Å²) in [5, 5.41) is 3.22. The lowest BCUT2D eigenvalue weighted by Gasteiger charge is -2.15. The van der Waals surface area contributed by atoms with Crippen molar-refractivity contribution in [3.8, 4) is 0 Å². The fourth-order valence-electron chi connectivity index (χ4n) is 2.52. The Morgan fingerprint density at radius 3 is 2.73 bits per heavy atom. The summed E-state index contributed by atoms with van der Waals surface area (Å²) in [5.74, 6) is 1.15. The molecule has 2 aromatic heterocycles. The van der Waals surface area contributed by atoms with Gasteiger partial charge >= 0.3 is 6.55 Å². The number of aromatic nitrogens is 2. The van der Waals surface area contributed by atoms with Gasteiger partial charge in [-0.3, -0.25) is 4.57 Å². The highest BCUT2D eigenvalue weighted by atomic mass is 19.3. The van der Waals surface area contributed by atoms with Gasteiger partial charge in [0.1, 0.15) is 11.6 Å². The number of hydrogen-bond acceptors (Lipinski definition) is 3. The van der Waals surface area contributed by atoms with Gasteiger partial charge in [-0.05, 0) is 32.0 Å². The minimum atomic E-state index is -2.62. The van der Waals surface area contributed by atoms with Crippen molar-refractivity contribution in [2.24, 2.45) is 0 Å². The van der Waals surface area contributed by atoms with E-state index in [-0.39, 0.29) is 6.04 Å². The molecule has 1 N–H and O–H groups in total. The van der Waals surface area contributed by atoms with E-state index in [1.165, 1.54) is 0 Å². The number of halogens is 2. The van der Waals surface area contributed by atoms with Crippen LogP contribution in [0.4, 0.5) is 8.78 Å². The molecule has 3 rings (SSSR count). The first-order valence-electron chi connectivity index (χ1n) is 7.09. The number of rotatable bonds is 5. The van der Waals surface area contributed by atoms with Crippen molar-refractivity contribution in [3.63, 3.8) is 0 Å². The third kappa shape index (κ3) is 2.62. The number of furan rings is 1. The predicted molar refractivity (Wildman–Crippen MR) is 79.7 cm³/mol. The van der Waals surface area contributed by atoms with Gasteiger partial charge in [-0.2, -0.15) is 8.78 Å². The lowest BCUT2D eigenvalue weighted by atomic mass is 10.2. The highest BCUT2D eigenvalue weighted by molar-refractivity contribution is 5.76. The van der Waals surface area contributed by atoms with E-state index >= 15 is 0 Å². The van der Waals surface area contributed by atoms with E-state index in [1.807, 2.05) is 19.9 Å². The van der Waals surface area contributed by atoms with Crippen LogP contribution in [0.15, 0.2) is 41.0 Å². The molecule has 6 heteroatoms. The van der Waals surface area contributed by atoms with E-state index in [1.54, 1.807) is 30.5 Å². The third-order valence-corrected chi connectivity index (χ3v) is 3.77. The highest BCUT2D eigenvalue weighted by Crippen LogP contribution is 2.26. The molecule has 4 nitrogen and oxygen atoms in total. The number of alkyl halides is 2. The van der Waals surface area contributed by atoms with Crippen molar-refractivity contribution in [2.45, 2.75) is 33.0 Å². The van der Waals surface area contributed by atoms with Crippen LogP contribution in [0, 0.1) is 6.92 Å². The Morgan fingerprint density at radius 1 is 1.27 bits per heavy atom. The number of fused-ring (bicyclic) bond motifs is 1. The maximum Gasteiger partial charge on any atom is 0.320 e. The van der Waals surface area contributed by atoms with E-state index in [0.717, 1.165) is 15.9 Å². The molecule has 1 atom stereocenters. The zero-order chi connectivity index (χ0) is 15.7. The molecular formula is C16H17F2N3O. The number of para-hydroxylation sites is 2. The summed E-state index contributed by atoms with van der Waals surface area (Å²) >= 11 is 0. The zero-order valence-corrected chi connectivity index (χ0v) is 12.4. The van der Waals surface area contributed by atoms with Crippen molar-refractivity contribution in [1.82, 2.24) is 14.9 Å². The van der Waals surface area contributed by atoms with Crippen molar-refractivity contribution >= 4 is 11.0 Å². The van der Waals surface area contributed by atoms with E-state index in [0.29, 0.717) is 23.4 Å². The van der Waals surface area contributed by atoms with Crippen molar-refractivity contribution in [2.75, 3.05) is 0 Å². The quantitative estimate of drug-likeness (QED) is 0.769. The van der Waals surface area contributed by atoms with Gasteiger partial charge in [0.2, 0.25) is 0 Å². The Morgan fingerprint density at radius 2 is 2.05 bits per heavy atom. The van der Waals surface area contributed by atoms with Crippen LogP contribution in [-0.4, -0.2) is 9.55 Å². The normalized spacial score (nSPS) is 13.1. The molecule has 0 radical (unpaired) electrons. The second kappa shape index (κ2) is 5.88. The molecule has 0 aliphatic rings. The summed E-state index contributed by atoms with van der Waals surface area (Å²) in [5.41, 5.74) is 2.03. The maximum atomic E-state index is 13.4. The molecule has 0 unspecified atom stereocenters. The first-order valence-corrected chi connectivity index (χ1v) is 7.09. The SMILES string of the molecule is Cc1occc1CN[C@@H](C)c1nc2ccccc2n1C(F)F. The summed E-state index contributed by atoms with van der Waals surface area (Å²) in [6, 6.07) is 8.48. The molecule has 0 aliphatic heterocycles. The first-order chi connectivity index (χ1) is 10.6. The van der Waals surface area contributed by atoms with Gasteiger partial charge in [0.05, 0.1) is 23.3 Å². The van der Waals surface area contributed by atoms with Crippen LogP contribution in [0.5, 0.6) is 0 Å². The summed E-state index contributed by atoms with van der Waals surface area (Å²) < 4.78 is 33.0. The topological polar surface area (TPSA) is 43.0 Å². The molecule has 2 heterocycles.